The summed E-state index contributed by atoms with van der Waals surface area (Å²) >= 11 is 0. The van der Waals surface area contributed by atoms with Crippen molar-refractivity contribution in [3.63, 3.8) is 0 Å². The van der Waals surface area contributed by atoms with Crippen LogP contribution in [0.2, 0.25) is 0 Å². The molecule has 0 aliphatic carbocycles. The summed E-state index contributed by atoms with van der Waals surface area (Å²) in [4.78, 5) is 0. The molecule has 0 aliphatic heterocycles. The van der Waals surface area contributed by atoms with E-state index in [9.17, 15) is 0 Å². The van der Waals surface area contributed by atoms with Gasteiger partial charge < -0.3 is 15.8 Å². The van der Waals surface area contributed by atoms with Crippen molar-refractivity contribution in [1.82, 2.24) is 5.32 Å². The number of nitrogens with one attached hydrogen (secondary N) is 1. The van der Waals surface area contributed by atoms with E-state index in [0.29, 0.717) is 6.73 Å². The fourth-order valence-electron chi connectivity index (χ4n) is 0.501. The number of ether oxygens (including phenoxy) is 1. The lowest BCUT2D eigenvalue weighted by atomic mass is 10.4. The SMILES string of the molecule is C=C/C=C\C(=C/N)NCOC. The minimum atomic E-state index is 0.449. The van der Waals surface area contributed by atoms with Crippen LogP contribution in [0.3, 0.4) is 0 Å². The van der Waals surface area contributed by atoms with Crippen LogP contribution < -0.4 is 11.1 Å². The lowest BCUT2D eigenvalue weighted by Gasteiger charge is -2.03. The molecule has 3 N–H and O–H groups in total. The third-order valence-electron chi connectivity index (χ3n) is 1.01. The third kappa shape index (κ3) is 5.24. The highest BCUT2D eigenvalue weighted by molar-refractivity contribution is 5.18. The fraction of sp³-hybridized carbons (Fsp3) is 0.250. The molecule has 3 heteroatoms. The summed E-state index contributed by atoms with van der Waals surface area (Å²) in [5.41, 5.74) is 6.10. The number of hydrogen-bond acceptors (Lipinski definition) is 3. The molecular weight excluding hydrogens is 140 g/mol. The topological polar surface area (TPSA) is 47.3 Å². The first-order valence-electron chi connectivity index (χ1n) is 3.29. The molecule has 0 saturated carbocycles. The van der Waals surface area contributed by atoms with Crippen LogP contribution in [-0.4, -0.2) is 13.8 Å². The van der Waals surface area contributed by atoms with Gasteiger partial charge in [0.25, 0.3) is 0 Å². The van der Waals surface area contributed by atoms with Gasteiger partial charge in [0.2, 0.25) is 0 Å². The normalized spacial score (nSPS) is 11.9. The smallest absolute Gasteiger partial charge is 0.116 e. The first kappa shape index (κ1) is 9.78. The zero-order valence-electron chi connectivity index (χ0n) is 6.71. The van der Waals surface area contributed by atoms with Crippen molar-refractivity contribution in [1.29, 1.82) is 0 Å². The Balaban J connectivity index is 3.77. The summed E-state index contributed by atoms with van der Waals surface area (Å²) in [6, 6.07) is 0. The van der Waals surface area contributed by atoms with Gasteiger partial charge in [0.15, 0.2) is 0 Å². The zero-order valence-corrected chi connectivity index (χ0v) is 6.71. The summed E-state index contributed by atoms with van der Waals surface area (Å²) in [6.07, 6.45) is 6.75. The van der Waals surface area contributed by atoms with E-state index in [0.717, 1.165) is 5.70 Å². The molecule has 3 nitrogen and oxygen atoms in total. The molecule has 0 rings (SSSR count). The summed E-state index contributed by atoms with van der Waals surface area (Å²) in [5, 5.41) is 2.93. The maximum absolute atomic E-state index is 5.29. The van der Waals surface area contributed by atoms with Gasteiger partial charge in [0, 0.05) is 13.3 Å². The Morgan fingerprint density at radius 1 is 1.73 bits per heavy atom. The molecule has 0 unspecified atom stereocenters. The molecule has 0 aromatic rings. The van der Waals surface area contributed by atoms with Crippen molar-refractivity contribution in [3.8, 4) is 0 Å². The second-order valence-corrected chi connectivity index (χ2v) is 1.83. The molecule has 11 heavy (non-hydrogen) atoms. The average molecular weight is 154 g/mol. The van der Waals surface area contributed by atoms with Gasteiger partial charge in [-0.2, -0.15) is 0 Å². The third-order valence-corrected chi connectivity index (χ3v) is 1.01. The second-order valence-electron chi connectivity index (χ2n) is 1.83. The van der Waals surface area contributed by atoms with E-state index in [1.807, 2.05) is 6.08 Å². The van der Waals surface area contributed by atoms with E-state index in [4.69, 9.17) is 10.5 Å². The van der Waals surface area contributed by atoms with Crippen molar-refractivity contribution in [2.45, 2.75) is 0 Å². The van der Waals surface area contributed by atoms with E-state index >= 15 is 0 Å². The van der Waals surface area contributed by atoms with E-state index < -0.39 is 0 Å². The largest absolute Gasteiger partial charge is 0.403 e. The van der Waals surface area contributed by atoms with E-state index in [1.54, 1.807) is 19.3 Å². The van der Waals surface area contributed by atoms with Gasteiger partial charge in [-0.25, -0.2) is 0 Å². The van der Waals surface area contributed by atoms with Gasteiger partial charge in [0.05, 0.1) is 5.70 Å². The van der Waals surface area contributed by atoms with Crippen LogP contribution in [0.1, 0.15) is 0 Å². The minimum absolute atomic E-state index is 0.449. The second kappa shape index (κ2) is 6.89. The van der Waals surface area contributed by atoms with Crippen molar-refractivity contribution < 1.29 is 4.74 Å². The van der Waals surface area contributed by atoms with E-state index in [-0.39, 0.29) is 0 Å². The molecule has 0 atom stereocenters. The molecule has 0 radical (unpaired) electrons. The Hall–Kier alpha value is -1.22. The maximum atomic E-state index is 5.29. The Bertz CT molecular complexity index is 161. The van der Waals surface area contributed by atoms with Crippen LogP contribution in [0.15, 0.2) is 36.7 Å². The number of nitrogens with two attached hydrogens (primary N) is 1. The quantitative estimate of drug-likeness (QED) is 0.453. The molecule has 0 amide bonds. The van der Waals surface area contributed by atoms with Crippen molar-refractivity contribution in [2.24, 2.45) is 5.73 Å². The Kier molecular flexibility index (Phi) is 6.13. The van der Waals surface area contributed by atoms with Gasteiger partial charge in [-0.05, 0) is 6.08 Å². The minimum Gasteiger partial charge on any atom is -0.403 e. The molecule has 0 aromatic carbocycles. The van der Waals surface area contributed by atoms with Crippen LogP contribution in [-0.2, 0) is 4.74 Å². The molecule has 0 aromatic heterocycles. The Morgan fingerprint density at radius 3 is 2.91 bits per heavy atom. The predicted octanol–water partition coefficient (Wildman–Crippen LogP) is 0.722. The first-order chi connectivity index (χ1) is 5.35. The number of allylic oxidation sites excluding steroid dienone is 3. The van der Waals surface area contributed by atoms with E-state index in [1.165, 1.54) is 6.20 Å². The maximum Gasteiger partial charge on any atom is 0.116 e. The van der Waals surface area contributed by atoms with Gasteiger partial charge >= 0.3 is 0 Å². The highest BCUT2D eigenvalue weighted by Gasteiger charge is 1.85. The molecule has 0 aliphatic rings. The number of rotatable bonds is 5. The molecule has 0 bridgehead atoms. The zero-order chi connectivity index (χ0) is 8.53. The van der Waals surface area contributed by atoms with Crippen LogP contribution in [0.5, 0.6) is 0 Å². The Labute approximate surface area is 67.2 Å². The summed E-state index contributed by atoms with van der Waals surface area (Å²) in [5.74, 6) is 0. The molecule has 0 fully saturated rings. The molecular formula is C8H14N2O. The van der Waals surface area contributed by atoms with Gasteiger partial charge in [-0.1, -0.05) is 18.7 Å². The molecule has 62 valence electrons. The summed E-state index contributed by atoms with van der Waals surface area (Å²) in [6.45, 7) is 3.98. The number of methoxy groups -OCH3 is 1. The monoisotopic (exact) mass is 154 g/mol. The van der Waals surface area contributed by atoms with Gasteiger partial charge in [0.1, 0.15) is 6.73 Å². The summed E-state index contributed by atoms with van der Waals surface area (Å²) < 4.78 is 4.79. The average Bonchev–Trinajstić information content (AvgIpc) is 2.05. The Morgan fingerprint density at radius 2 is 2.45 bits per heavy atom. The van der Waals surface area contributed by atoms with Crippen LogP contribution >= 0.6 is 0 Å². The van der Waals surface area contributed by atoms with Gasteiger partial charge in [-0.3, -0.25) is 0 Å². The lowest BCUT2D eigenvalue weighted by Crippen LogP contribution is -2.15. The standard InChI is InChI=1S/C8H14N2O/c1-3-4-5-8(6-9)10-7-11-2/h3-6,10H,1,7,9H2,2H3/b5-4-,8-6+. The van der Waals surface area contributed by atoms with Crippen molar-refractivity contribution >= 4 is 0 Å². The predicted molar refractivity (Wildman–Crippen MR) is 46.6 cm³/mol. The molecule has 0 spiro atoms. The lowest BCUT2D eigenvalue weighted by molar-refractivity contribution is 0.185. The van der Waals surface area contributed by atoms with Crippen LogP contribution in [0.25, 0.3) is 0 Å². The summed E-state index contributed by atoms with van der Waals surface area (Å²) in [7, 11) is 1.61. The van der Waals surface area contributed by atoms with E-state index in [2.05, 4.69) is 11.9 Å². The van der Waals surface area contributed by atoms with Gasteiger partial charge in [-0.15, -0.1) is 0 Å². The molecule has 0 heterocycles. The van der Waals surface area contributed by atoms with Crippen LogP contribution in [0.4, 0.5) is 0 Å². The van der Waals surface area contributed by atoms with Crippen LogP contribution in [0, 0.1) is 0 Å². The van der Waals surface area contributed by atoms with Crippen molar-refractivity contribution in [2.75, 3.05) is 13.8 Å². The first-order valence-corrected chi connectivity index (χ1v) is 3.29. The number of hydrogen-bond donors (Lipinski definition) is 2. The van der Waals surface area contributed by atoms with Crippen molar-refractivity contribution in [3.05, 3.63) is 36.7 Å². The molecule has 0 saturated heterocycles. The highest BCUT2D eigenvalue weighted by atomic mass is 16.5. The highest BCUT2D eigenvalue weighted by Crippen LogP contribution is 1.88. The fourth-order valence-corrected chi connectivity index (χ4v) is 0.501.